The Morgan fingerprint density at radius 1 is 1.07 bits per heavy atom. The quantitative estimate of drug-likeness (QED) is 0.515. The molecule has 0 radical (unpaired) electrons. The van der Waals surface area contributed by atoms with Crippen LogP contribution in [0.4, 0.5) is 21.7 Å². The molecule has 14 heavy (non-hydrogen) atoms. The first-order valence-corrected chi connectivity index (χ1v) is 3.73. The van der Waals surface area contributed by atoms with Crippen LogP contribution in [0.2, 0.25) is 0 Å². The van der Waals surface area contributed by atoms with Crippen LogP contribution in [-0.2, 0) is 0 Å². The monoisotopic (exact) mass is 207 g/mol. The predicted molar refractivity (Wildman–Crippen MR) is 44.5 cm³/mol. The summed E-state index contributed by atoms with van der Waals surface area (Å²) in [6.45, 7) is -5.09. The summed E-state index contributed by atoms with van der Waals surface area (Å²) < 4.78 is 60.3. The maximum absolute atomic E-state index is 12.8. The summed E-state index contributed by atoms with van der Waals surface area (Å²) in [6, 6.07) is 2.37. The molecule has 0 nitrogen and oxygen atoms in total. The van der Waals surface area contributed by atoms with Crippen molar-refractivity contribution in [3.8, 4) is 0 Å². The molecule has 1 aromatic carbocycles. The Labute approximate surface area is 77.1 Å². The van der Waals surface area contributed by atoms with Crippen molar-refractivity contribution in [3.63, 3.8) is 0 Å². The van der Waals surface area contributed by atoms with E-state index in [0.717, 1.165) is 12.1 Å². The molecule has 0 fully saturated rings. The molecular formula is C8H5BF5-. The molecule has 0 aliphatic carbocycles. The molecule has 0 aliphatic rings. The van der Waals surface area contributed by atoms with E-state index >= 15 is 0 Å². The average Bonchev–Trinajstić information content (AvgIpc) is 2.00. The molecule has 0 saturated carbocycles. The minimum Gasteiger partial charge on any atom is -0.445 e. The van der Waals surface area contributed by atoms with Gasteiger partial charge in [-0.1, -0.05) is 6.08 Å². The lowest BCUT2D eigenvalue weighted by Crippen LogP contribution is -2.09. The molecule has 0 saturated heterocycles. The van der Waals surface area contributed by atoms with Crippen molar-refractivity contribution < 1.29 is 21.7 Å². The van der Waals surface area contributed by atoms with Crippen molar-refractivity contribution in [3.05, 3.63) is 41.4 Å². The maximum Gasteiger partial charge on any atom is 0.502 e. The Morgan fingerprint density at radius 2 is 1.71 bits per heavy atom. The molecular weight excluding hydrogens is 202 g/mol. The van der Waals surface area contributed by atoms with Crippen molar-refractivity contribution >= 4 is 13.1 Å². The summed E-state index contributed by atoms with van der Waals surface area (Å²) in [6.07, 6.45) is 0.578. The molecule has 76 valence electrons. The second-order valence-corrected chi connectivity index (χ2v) is 2.65. The van der Waals surface area contributed by atoms with Crippen LogP contribution < -0.4 is 0 Å². The summed E-state index contributed by atoms with van der Waals surface area (Å²) in [5, 5.41) is 0. The molecule has 0 aliphatic heterocycles. The second-order valence-electron chi connectivity index (χ2n) is 2.65. The molecule has 0 spiro atoms. The Bertz CT molecular complexity index is 355. The fraction of sp³-hybridized carbons (Fsp3) is 0. The first-order valence-electron chi connectivity index (χ1n) is 3.73. The highest BCUT2D eigenvalue weighted by atomic mass is 19.4. The molecule has 0 aromatic heterocycles. The fourth-order valence-corrected chi connectivity index (χ4v) is 0.849. The average molecular weight is 207 g/mol. The highest BCUT2D eigenvalue weighted by molar-refractivity contribution is 6.64. The zero-order valence-electron chi connectivity index (χ0n) is 6.85. The Balaban J connectivity index is 2.93. The number of rotatable bonds is 2. The molecule has 0 bridgehead atoms. The minimum atomic E-state index is -5.09. The topological polar surface area (TPSA) is 0 Å². The third-order valence-corrected chi connectivity index (χ3v) is 1.46. The van der Waals surface area contributed by atoms with Crippen molar-refractivity contribution in [1.82, 2.24) is 0 Å². The molecule has 0 heterocycles. The van der Waals surface area contributed by atoms with Gasteiger partial charge in [0.25, 0.3) is 0 Å². The van der Waals surface area contributed by atoms with Crippen LogP contribution in [0.1, 0.15) is 5.56 Å². The molecule has 1 rings (SSSR count). The van der Waals surface area contributed by atoms with Crippen LogP contribution >= 0.6 is 0 Å². The van der Waals surface area contributed by atoms with Gasteiger partial charge in [-0.25, -0.2) is 8.78 Å². The number of benzene rings is 1. The van der Waals surface area contributed by atoms with Gasteiger partial charge in [-0.3, -0.25) is 0 Å². The molecule has 0 amide bonds. The summed E-state index contributed by atoms with van der Waals surface area (Å²) in [5.41, 5.74) is -0.286. The van der Waals surface area contributed by atoms with Gasteiger partial charge in [-0.05, 0) is 12.1 Å². The molecule has 0 unspecified atom stereocenters. The Morgan fingerprint density at radius 3 is 2.21 bits per heavy atom. The largest absolute Gasteiger partial charge is 0.502 e. The highest BCUT2D eigenvalue weighted by Crippen LogP contribution is 2.15. The fourth-order valence-electron chi connectivity index (χ4n) is 0.849. The van der Waals surface area contributed by atoms with E-state index in [1.54, 1.807) is 0 Å². The lowest BCUT2D eigenvalue weighted by molar-refractivity contribution is 0.499. The second kappa shape index (κ2) is 3.81. The number of hydrogen-bond donors (Lipinski definition) is 0. The maximum atomic E-state index is 12.8. The van der Waals surface area contributed by atoms with Gasteiger partial charge in [0.2, 0.25) is 0 Å². The van der Waals surface area contributed by atoms with Crippen LogP contribution in [-0.4, -0.2) is 6.98 Å². The standard InChI is InChI=1S/C8H5BF5/c10-7-2-1-6(8(11)5-7)3-4-9(12,13)14/h1-5H/q-1/b4-3+. The van der Waals surface area contributed by atoms with Gasteiger partial charge in [-0.2, -0.15) is 0 Å². The summed E-state index contributed by atoms with van der Waals surface area (Å²) in [7, 11) is 0. The predicted octanol–water partition coefficient (Wildman–Crippen LogP) is 3.36. The van der Waals surface area contributed by atoms with Gasteiger partial charge in [0.15, 0.2) is 0 Å². The van der Waals surface area contributed by atoms with Crippen molar-refractivity contribution in [2.45, 2.75) is 0 Å². The van der Waals surface area contributed by atoms with E-state index < -0.39 is 18.6 Å². The van der Waals surface area contributed by atoms with E-state index in [0.29, 0.717) is 12.1 Å². The van der Waals surface area contributed by atoms with Crippen molar-refractivity contribution in [1.29, 1.82) is 0 Å². The lowest BCUT2D eigenvalue weighted by atomic mass is 9.90. The van der Waals surface area contributed by atoms with Gasteiger partial charge >= 0.3 is 6.98 Å². The van der Waals surface area contributed by atoms with E-state index in [1.165, 1.54) is 0 Å². The van der Waals surface area contributed by atoms with Gasteiger partial charge in [-0.15, -0.1) is 5.98 Å². The van der Waals surface area contributed by atoms with Crippen LogP contribution in [0.3, 0.4) is 0 Å². The summed E-state index contributed by atoms with van der Waals surface area (Å²) >= 11 is 0. The molecule has 0 N–H and O–H groups in total. The zero-order valence-corrected chi connectivity index (χ0v) is 6.85. The van der Waals surface area contributed by atoms with Gasteiger partial charge in [0.1, 0.15) is 11.6 Å². The number of hydrogen-bond acceptors (Lipinski definition) is 0. The Hall–Kier alpha value is -1.33. The first-order chi connectivity index (χ1) is 6.38. The van der Waals surface area contributed by atoms with Crippen molar-refractivity contribution in [2.24, 2.45) is 0 Å². The third-order valence-electron chi connectivity index (χ3n) is 1.46. The van der Waals surface area contributed by atoms with E-state index in [-0.39, 0.29) is 11.5 Å². The van der Waals surface area contributed by atoms with Gasteiger partial charge in [0.05, 0.1) is 0 Å². The van der Waals surface area contributed by atoms with Crippen LogP contribution in [0.15, 0.2) is 24.2 Å². The van der Waals surface area contributed by atoms with Crippen LogP contribution in [0, 0.1) is 11.6 Å². The van der Waals surface area contributed by atoms with E-state index in [2.05, 4.69) is 0 Å². The minimum absolute atomic E-state index is 0.0453. The normalized spacial score (nSPS) is 12.4. The van der Waals surface area contributed by atoms with Crippen LogP contribution in [0.5, 0.6) is 0 Å². The smallest absolute Gasteiger partial charge is 0.445 e. The van der Waals surface area contributed by atoms with Crippen LogP contribution in [0.25, 0.3) is 6.08 Å². The van der Waals surface area contributed by atoms with Gasteiger partial charge < -0.3 is 12.9 Å². The third kappa shape index (κ3) is 3.20. The zero-order chi connectivity index (χ0) is 10.8. The van der Waals surface area contributed by atoms with E-state index in [9.17, 15) is 21.7 Å². The summed E-state index contributed by atoms with van der Waals surface area (Å²) in [5.74, 6) is -1.88. The Kier molecular flexibility index (Phi) is 2.93. The molecule has 1 aromatic rings. The number of halogens is 5. The van der Waals surface area contributed by atoms with E-state index in [1.807, 2.05) is 0 Å². The highest BCUT2D eigenvalue weighted by Gasteiger charge is 2.17. The lowest BCUT2D eigenvalue weighted by Gasteiger charge is -2.06. The SMILES string of the molecule is Fc1ccc(/C=C/[B-](F)(F)F)c(F)c1. The van der Waals surface area contributed by atoms with Gasteiger partial charge in [0, 0.05) is 11.6 Å². The van der Waals surface area contributed by atoms with Crippen molar-refractivity contribution in [2.75, 3.05) is 0 Å². The molecule has 0 atom stereocenters. The summed E-state index contributed by atoms with van der Waals surface area (Å²) in [4.78, 5) is 0. The molecule has 6 heteroatoms. The van der Waals surface area contributed by atoms with E-state index in [4.69, 9.17) is 0 Å². The first kappa shape index (κ1) is 10.8.